The number of carbonyl (C=O) groups is 5. The number of sulfonamides is 1. The number of methoxy groups -OCH3 is 1. The molecule has 6 rings (SSSR count). The van der Waals surface area contributed by atoms with Gasteiger partial charge in [0.1, 0.15) is 23.4 Å². The van der Waals surface area contributed by atoms with Crippen molar-refractivity contribution in [2.45, 2.75) is 125 Å². The maximum absolute atomic E-state index is 14.4. The normalized spacial score (nSPS) is 28.1. The van der Waals surface area contributed by atoms with Crippen LogP contribution in [0.3, 0.4) is 0 Å². The van der Waals surface area contributed by atoms with Gasteiger partial charge in [0.15, 0.2) is 0 Å². The first kappa shape index (κ1) is 39.3. The summed E-state index contributed by atoms with van der Waals surface area (Å²) in [5.41, 5.74) is -3.09. The average molecular weight is 781 g/mol. The summed E-state index contributed by atoms with van der Waals surface area (Å²) in [6.45, 7) is -0.230. The Balaban J connectivity index is 1.27. The van der Waals surface area contributed by atoms with Gasteiger partial charge in [0.25, 0.3) is 11.8 Å². The van der Waals surface area contributed by atoms with Crippen LogP contribution in [0.2, 0.25) is 0 Å². The Labute approximate surface area is 311 Å². The van der Waals surface area contributed by atoms with Crippen LogP contribution in [-0.4, -0.2) is 91.6 Å². The van der Waals surface area contributed by atoms with E-state index in [0.717, 1.165) is 51.3 Å². The van der Waals surface area contributed by atoms with E-state index in [2.05, 4.69) is 26.0 Å². The van der Waals surface area contributed by atoms with Crippen molar-refractivity contribution in [2.24, 2.45) is 5.92 Å². The molecule has 0 aromatic heterocycles. The molecule has 14 nitrogen and oxygen atoms in total. The van der Waals surface area contributed by atoms with Crippen molar-refractivity contribution < 1.29 is 50.3 Å². The van der Waals surface area contributed by atoms with Crippen molar-refractivity contribution in [3.8, 4) is 5.75 Å². The zero-order valence-electron chi connectivity index (χ0n) is 30.0. The zero-order chi connectivity index (χ0) is 38.8. The topological polar surface area (TPSA) is 192 Å². The van der Waals surface area contributed by atoms with Crippen LogP contribution in [0.4, 0.5) is 18.0 Å². The molecule has 0 bridgehead atoms. The van der Waals surface area contributed by atoms with Crippen molar-refractivity contribution in [3.63, 3.8) is 0 Å². The second-order valence-corrected chi connectivity index (χ2v) is 17.0. The van der Waals surface area contributed by atoms with Gasteiger partial charge in [-0.1, -0.05) is 37.8 Å². The van der Waals surface area contributed by atoms with E-state index < -0.39 is 92.0 Å². The second kappa shape index (κ2) is 15.8. The summed E-state index contributed by atoms with van der Waals surface area (Å²) in [4.78, 5) is 69.9. The van der Waals surface area contributed by atoms with Crippen molar-refractivity contribution in [1.82, 2.24) is 30.9 Å². The first-order valence-electron chi connectivity index (χ1n) is 18.6. The fourth-order valence-corrected chi connectivity index (χ4v) is 9.06. The number of ether oxygens (including phenoxy) is 1. The number of hydrogen-bond acceptors (Lipinski definition) is 8. The van der Waals surface area contributed by atoms with Crippen LogP contribution in [0.15, 0.2) is 30.4 Å². The Bertz CT molecular complexity index is 1780. The van der Waals surface area contributed by atoms with Gasteiger partial charge in [-0.2, -0.15) is 13.2 Å². The molecule has 0 spiro atoms. The fraction of sp³-hybridized carbons (Fsp3) is 0.639. The van der Waals surface area contributed by atoms with Crippen molar-refractivity contribution in [3.05, 3.63) is 41.5 Å². The van der Waals surface area contributed by atoms with Crippen LogP contribution in [0.5, 0.6) is 5.75 Å². The van der Waals surface area contributed by atoms with Crippen molar-refractivity contribution in [2.75, 3.05) is 13.7 Å². The minimum Gasteiger partial charge on any atom is -0.496 e. The Hall–Kier alpha value is -4.35. The Morgan fingerprint density at radius 1 is 0.944 bits per heavy atom. The molecule has 1 aromatic rings. The summed E-state index contributed by atoms with van der Waals surface area (Å²) in [5.74, 6) is -4.14. The quantitative estimate of drug-likeness (QED) is 0.249. The first-order chi connectivity index (χ1) is 25.6. The molecule has 1 aromatic carbocycles. The highest BCUT2D eigenvalue weighted by atomic mass is 32.2. The Kier molecular flexibility index (Phi) is 11.5. The molecular formula is C36H47F3N6O8S. The summed E-state index contributed by atoms with van der Waals surface area (Å²) < 4.78 is 73.7. The van der Waals surface area contributed by atoms with E-state index in [1.54, 1.807) is 6.08 Å². The number of nitrogens with zero attached hydrogens (tertiary/aromatic N) is 1. The number of benzene rings is 1. The number of halogens is 3. The highest BCUT2D eigenvalue weighted by Crippen LogP contribution is 2.46. The zero-order valence-corrected chi connectivity index (χ0v) is 30.8. The lowest BCUT2D eigenvalue weighted by atomic mass is 10.0. The van der Waals surface area contributed by atoms with Gasteiger partial charge in [-0.25, -0.2) is 13.2 Å². The number of carbonyl (C=O) groups excluding carboxylic acids is 5. The fourth-order valence-electron chi connectivity index (χ4n) is 7.70. The summed E-state index contributed by atoms with van der Waals surface area (Å²) in [7, 11) is -2.89. The molecule has 18 heteroatoms. The summed E-state index contributed by atoms with van der Waals surface area (Å²) in [6.07, 6.45) is 6.10. The molecule has 3 saturated carbocycles. The van der Waals surface area contributed by atoms with Crippen LogP contribution in [0.25, 0.3) is 0 Å². The first-order valence-corrected chi connectivity index (χ1v) is 20.1. The van der Waals surface area contributed by atoms with E-state index in [0.29, 0.717) is 38.2 Å². The van der Waals surface area contributed by atoms with Crippen LogP contribution in [0, 0.1) is 5.92 Å². The van der Waals surface area contributed by atoms with Crippen LogP contribution in [0.1, 0.15) is 99.4 Å². The highest BCUT2D eigenvalue weighted by molar-refractivity contribution is 7.91. The smallest absolute Gasteiger partial charge is 0.419 e. The molecule has 5 atom stereocenters. The van der Waals surface area contributed by atoms with Crippen LogP contribution < -0.4 is 30.7 Å². The number of hydrogen-bond donors (Lipinski definition) is 5. The molecule has 296 valence electrons. The lowest BCUT2D eigenvalue weighted by Crippen LogP contribution is -2.59. The number of fused-ring (bicyclic) bond motifs is 2. The third kappa shape index (κ3) is 8.95. The van der Waals surface area contributed by atoms with E-state index in [-0.39, 0.29) is 37.4 Å². The lowest BCUT2D eigenvalue weighted by Gasteiger charge is -2.30. The molecule has 6 amide bonds. The Morgan fingerprint density at radius 2 is 1.67 bits per heavy atom. The molecule has 4 fully saturated rings. The molecule has 5 N–H and O–H groups in total. The molecular weight excluding hydrogens is 733 g/mol. The largest absolute Gasteiger partial charge is 0.496 e. The van der Waals surface area contributed by atoms with Gasteiger partial charge in [0.05, 0.1) is 17.9 Å². The van der Waals surface area contributed by atoms with E-state index in [4.69, 9.17) is 4.74 Å². The number of urea groups is 1. The molecule has 0 unspecified atom stereocenters. The van der Waals surface area contributed by atoms with Gasteiger partial charge in [0.2, 0.25) is 21.8 Å². The second-order valence-electron chi connectivity index (χ2n) is 15.0. The van der Waals surface area contributed by atoms with Crippen molar-refractivity contribution in [1.29, 1.82) is 0 Å². The number of alkyl halides is 3. The predicted octanol–water partition coefficient (Wildman–Crippen LogP) is 3.03. The molecule has 0 radical (unpaired) electrons. The van der Waals surface area contributed by atoms with Crippen LogP contribution >= 0.6 is 0 Å². The lowest BCUT2D eigenvalue weighted by molar-refractivity contribution is -0.141. The molecule has 5 aliphatic rings. The Morgan fingerprint density at radius 3 is 2.35 bits per heavy atom. The molecule has 54 heavy (non-hydrogen) atoms. The molecule has 2 aliphatic heterocycles. The molecule has 3 aliphatic carbocycles. The third-order valence-corrected chi connectivity index (χ3v) is 12.8. The maximum atomic E-state index is 14.4. The minimum atomic E-state index is -4.82. The van der Waals surface area contributed by atoms with Crippen LogP contribution in [-0.2, 0) is 30.6 Å². The SMILES string of the molecule is COc1ccc(C(=O)N[C@@H]2C[C@H]3C(=O)N[C@]4(C(=O)NS(=O)(=O)C5CC5)C[C@H]4C=CCCCCC[C@H](NC(=O)NC4CCCC4)C(=O)N3C2)cc1C(F)(F)F. The van der Waals surface area contributed by atoms with E-state index in [1.165, 1.54) is 4.90 Å². The number of nitrogens with one attached hydrogen (secondary N) is 5. The summed E-state index contributed by atoms with van der Waals surface area (Å²) >= 11 is 0. The van der Waals surface area contributed by atoms with Gasteiger partial charge >= 0.3 is 12.2 Å². The molecule has 2 heterocycles. The highest BCUT2D eigenvalue weighted by Gasteiger charge is 2.62. The summed E-state index contributed by atoms with van der Waals surface area (Å²) in [5, 5.41) is 10.4. The maximum Gasteiger partial charge on any atom is 0.419 e. The van der Waals surface area contributed by atoms with E-state index in [1.807, 2.05) is 6.08 Å². The van der Waals surface area contributed by atoms with Gasteiger partial charge in [-0.3, -0.25) is 23.9 Å². The number of allylic oxidation sites excluding steroid dienone is 1. The van der Waals surface area contributed by atoms with Gasteiger partial charge in [0, 0.05) is 30.1 Å². The third-order valence-electron chi connectivity index (χ3n) is 11.0. The summed E-state index contributed by atoms with van der Waals surface area (Å²) in [6, 6.07) is -0.982. The van der Waals surface area contributed by atoms with Gasteiger partial charge < -0.3 is 30.9 Å². The van der Waals surface area contributed by atoms with Gasteiger partial charge in [-0.05, 0) is 76.0 Å². The molecule has 1 saturated heterocycles. The average Bonchev–Trinajstić information content (AvgIpc) is 3.99. The standard InChI is InChI=1S/C36H47F3N6O8S/c1-53-29-16-13-21(17-26(29)36(37,38)39)30(46)40-24-18-28-31(47)43-35(33(49)44-54(51,52)25-14-15-25)19-22(35)9-5-3-2-4-6-12-27(32(48)45(28)20-24)42-34(50)41-23-10-7-8-11-23/h5,9,13,16-17,22-25,27-28H,2-4,6-8,10-12,14-15,18-20H2,1H3,(H,40,46)(H,43,47)(H,44,49)(H2,41,42,50)/t22-,24-,27+,28+,35-/m1/s1. The van der Waals surface area contributed by atoms with E-state index >= 15 is 0 Å². The van der Waals surface area contributed by atoms with Gasteiger partial charge in [-0.15, -0.1) is 0 Å². The van der Waals surface area contributed by atoms with E-state index in [9.17, 15) is 45.6 Å². The number of rotatable bonds is 8. The van der Waals surface area contributed by atoms with Crippen molar-refractivity contribution >= 4 is 39.7 Å². The predicted molar refractivity (Wildman–Crippen MR) is 188 cm³/mol. The minimum absolute atomic E-state index is 0.0348. The monoisotopic (exact) mass is 780 g/mol. The number of amides is 6.